The SMILES string of the molecule is CC(C)Cc1nnc(NC(=O)C2C3CCC(C3)C2N)s1. The van der Waals surface area contributed by atoms with Gasteiger partial charge in [-0.15, -0.1) is 10.2 Å². The lowest BCUT2D eigenvalue weighted by molar-refractivity contribution is -0.121. The van der Waals surface area contributed by atoms with Gasteiger partial charge in [0.2, 0.25) is 11.0 Å². The predicted molar refractivity (Wildman–Crippen MR) is 79.4 cm³/mol. The molecule has 0 aromatic carbocycles. The molecule has 20 heavy (non-hydrogen) atoms. The Balaban J connectivity index is 1.63. The topological polar surface area (TPSA) is 80.9 Å². The summed E-state index contributed by atoms with van der Waals surface area (Å²) in [6.07, 6.45) is 4.35. The van der Waals surface area contributed by atoms with Gasteiger partial charge in [0.25, 0.3) is 0 Å². The van der Waals surface area contributed by atoms with Gasteiger partial charge < -0.3 is 11.1 Å². The van der Waals surface area contributed by atoms with E-state index in [9.17, 15) is 4.79 Å². The summed E-state index contributed by atoms with van der Waals surface area (Å²) in [6, 6.07) is 0.0248. The lowest BCUT2D eigenvalue weighted by Gasteiger charge is -2.26. The number of nitrogens with one attached hydrogen (secondary N) is 1. The van der Waals surface area contributed by atoms with E-state index in [2.05, 4.69) is 29.4 Å². The van der Waals surface area contributed by atoms with Crippen LogP contribution in [0.1, 0.15) is 38.1 Å². The Kier molecular flexibility index (Phi) is 3.77. The monoisotopic (exact) mass is 294 g/mol. The summed E-state index contributed by atoms with van der Waals surface area (Å²) in [7, 11) is 0. The zero-order valence-corrected chi connectivity index (χ0v) is 12.8. The summed E-state index contributed by atoms with van der Waals surface area (Å²) in [5, 5.41) is 12.7. The number of rotatable bonds is 4. The molecule has 6 heteroatoms. The Bertz CT molecular complexity index is 499. The van der Waals surface area contributed by atoms with Crippen molar-refractivity contribution in [3.8, 4) is 0 Å². The number of hydrogen-bond donors (Lipinski definition) is 2. The van der Waals surface area contributed by atoms with Crippen molar-refractivity contribution in [3.63, 3.8) is 0 Å². The highest BCUT2D eigenvalue weighted by atomic mass is 32.1. The number of carbonyl (C=O) groups is 1. The Hall–Kier alpha value is -1.01. The highest BCUT2D eigenvalue weighted by Gasteiger charge is 2.49. The third-order valence-electron chi connectivity index (χ3n) is 4.56. The summed E-state index contributed by atoms with van der Waals surface area (Å²) in [5.41, 5.74) is 6.20. The molecule has 110 valence electrons. The zero-order chi connectivity index (χ0) is 14.3. The first-order valence-corrected chi connectivity index (χ1v) is 8.25. The van der Waals surface area contributed by atoms with Crippen LogP contribution in [0.5, 0.6) is 0 Å². The van der Waals surface area contributed by atoms with Crippen LogP contribution in [0.15, 0.2) is 0 Å². The second kappa shape index (κ2) is 5.41. The number of amides is 1. The third-order valence-corrected chi connectivity index (χ3v) is 5.42. The van der Waals surface area contributed by atoms with E-state index in [0.717, 1.165) is 24.3 Å². The summed E-state index contributed by atoms with van der Waals surface area (Å²) < 4.78 is 0. The maximum Gasteiger partial charge on any atom is 0.231 e. The van der Waals surface area contributed by atoms with Crippen LogP contribution < -0.4 is 11.1 Å². The molecule has 2 bridgehead atoms. The minimum absolute atomic E-state index is 0.0248. The molecule has 4 atom stereocenters. The van der Waals surface area contributed by atoms with E-state index in [4.69, 9.17) is 5.73 Å². The summed E-state index contributed by atoms with van der Waals surface area (Å²) in [4.78, 5) is 12.4. The number of hydrogen-bond acceptors (Lipinski definition) is 5. The Morgan fingerprint density at radius 1 is 1.40 bits per heavy atom. The molecule has 1 heterocycles. The first-order chi connectivity index (χ1) is 9.54. The maximum absolute atomic E-state index is 12.4. The summed E-state index contributed by atoms with van der Waals surface area (Å²) >= 11 is 1.47. The number of nitrogens with zero attached hydrogens (tertiary/aromatic N) is 2. The highest BCUT2D eigenvalue weighted by Crippen LogP contribution is 2.47. The van der Waals surface area contributed by atoms with Crippen molar-refractivity contribution < 1.29 is 4.79 Å². The fourth-order valence-corrected chi connectivity index (χ4v) is 4.60. The van der Waals surface area contributed by atoms with Gasteiger partial charge >= 0.3 is 0 Å². The zero-order valence-electron chi connectivity index (χ0n) is 12.0. The Morgan fingerprint density at radius 2 is 2.15 bits per heavy atom. The van der Waals surface area contributed by atoms with E-state index in [1.807, 2.05) is 0 Å². The van der Waals surface area contributed by atoms with Gasteiger partial charge in [0.15, 0.2) is 0 Å². The second-order valence-electron chi connectivity index (χ2n) is 6.52. The van der Waals surface area contributed by atoms with Crippen LogP contribution in [0, 0.1) is 23.7 Å². The fraction of sp³-hybridized carbons (Fsp3) is 0.786. The van der Waals surface area contributed by atoms with Crippen LogP contribution in [0.25, 0.3) is 0 Å². The second-order valence-corrected chi connectivity index (χ2v) is 7.59. The van der Waals surface area contributed by atoms with Gasteiger partial charge in [-0.25, -0.2) is 0 Å². The maximum atomic E-state index is 12.4. The van der Waals surface area contributed by atoms with Crippen molar-refractivity contribution in [1.82, 2.24) is 10.2 Å². The van der Waals surface area contributed by atoms with Gasteiger partial charge in [0.05, 0.1) is 5.92 Å². The quantitative estimate of drug-likeness (QED) is 0.890. The van der Waals surface area contributed by atoms with Crippen molar-refractivity contribution in [1.29, 1.82) is 0 Å². The first-order valence-electron chi connectivity index (χ1n) is 7.43. The molecule has 3 N–H and O–H groups in total. The average Bonchev–Trinajstić information content (AvgIpc) is 3.04. The predicted octanol–water partition coefficient (Wildman–Crippen LogP) is 2.05. The molecular formula is C14H22N4OS. The standard InChI is InChI=1S/C14H22N4OS/c1-7(2)5-10-17-18-14(20-10)16-13(19)11-8-3-4-9(6-8)12(11)15/h7-9,11-12H,3-6,15H2,1-2H3,(H,16,18,19). The molecule has 4 unspecified atom stereocenters. The molecule has 2 aliphatic carbocycles. The van der Waals surface area contributed by atoms with Crippen molar-refractivity contribution in [3.05, 3.63) is 5.01 Å². The smallest absolute Gasteiger partial charge is 0.231 e. The number of carbonyl (C=O) groups excluding carboxylic acids is 1. The Morgan fingerprint density at radius 3 is 2.80 bits per heavy atom. The molecular weight excluding hydrogens is 272 g/mol. The molecule has 0 spiro atoms. The van der Waals surface area contributed by atoms with Crippen molar-refractivity contribution in [2.45, 2.75) is 45.6 Å². The van der Waals surface area contributed by atoms with E-state index in [0.29, 0.717) is 22.9 Å². The minimum atomic E-state index is -0.0359. The molecule has 2 saturated carbocycles. The van der Waals surface area contributed by atoms with Crippen LogP contribution in [0.4, 0.5) is 5.13 Å². The molecule has 1 aromatic rings. The summed E-state index contributed by atoms with van der Waals surface area (Å²) in [6.45, 7) is 4.29. The number of anilines is 1. The van der Waals surface area contributed by atoms with Gasteiger partial charge in [-0.3, -0.25) is 4.79 Å². The number of aromatic nitrogens is 2. The normalized spacial score (nSPS) is 32.0. The fourth-order valence-electron chi connectivity index (χ4n) is 3.65. The van der Waals surface area contributed by atoms with Gasteiger partial charge in [0, 0.05) is 12.5 Å². The van der Waals surface area contributed by atoms with E-state index in [-0.39, 0.29) is 17.9 Å². The van der Waals surface area contributed by atoms with Crippen molar-refractivity contribution in [2.24, 2.45) is 29.4 Å². The third kappa shape index (κ3) is 2.59. The minimum Gasteiger partial charge on any atom is -0.327 e. The van der Waals surface area contributed by atoms with Crippen molar-refractivity contribution in [2.75, 3.05) is 5.32 Å². The molecule has 0 radical (unpaired) electrons. The van der Waals surface area contributed by atoms with Crippen LogP contribution in [0.2, 0.25) is 0 Å². The van der Waals surface area contributed by atoms with Crippen LogP contribution in [-0.2, 0) is 11.2 Å². The molecule has 2 aliphatic rings. The Labute approximate surface area is 123 Å². The van der Waals surface area contributed by atoms with Crippen LogP contribution >= 0.6 is 11.3 Å². The first kappa shape index (κ1) is 13.9. The lowest BCUT2D eigenvalue weighted by atomic mass is 9.84. The van der Waals surface area contributed by atoms with E-state index < -0.39 is 0 Å². The molecule has 5 nitrogen and oxygen atoms in total. The van der Waals surface area contributed by atoms with E-state index >= 15 is 0 Å². The van der Waals surface area contributed by atoms with Gasteiger partial charge in [-0.05, 0) is 37.0 Å². The highest BCUT2D eigenvalue weighted by molar-refractivity contribution is 7.15. The van der Waals surface area contributed by atoms with Crippen LogP contribution in [0.3, 0.4) is 0 Å². The molecule has 0 aliphatic heterocycles. The molecule has 1 aromatic heterocycles. The molecule has 3 rings (SSSR count). The lowest BCUT2D eigenvalue weighted by Crippen LogP contribution is -2.42. The molecule has 1 amide bonds. The molecule has 2 fully saturated rings. The summed E-state index contributed by atoms with van der Waals surface area (Å²) in [5.74, 6) is 1.56. The van der Waals surface area contributed by atoms with Crippen molar-refractivity contribution >= 4 is 22.4 Å². The average molecular weight is 294 g/mol. The van der Waals surface area contributed by atoms with Gasteiger partial charge in [0.1, 0.15) is 5.01 Å². The molecule has 0 saturated heterocycles. The van der Waals surface area contributed by atoms with Gasteiger partial charge in [-0.1, -0.05) is 25.2 Å². The largest absolute Gasteiger partial charge is 0.327 e. The van der Waals surface area contributed by atoms with E-state index in [1.165, 1.54) is 17.8 Å². The van der Waals surface area contributed by atoms with Crippen LogP contribution in [-0.4, -0.2) is 22.1 Å². The van der Waals surface area contributed by atoms with E-state index in [1.54, 1.807) is 0 Å². The number of fused-ring (bicyclic) bond motifs is 2. The van der Waals surface area contributed by atoms with Gasteiger partial charge in [-0.2, -0.15) is 0 Å². The number of nitrogens with two attached hydrogens (primary N) is 1.